The predicted molar refractivity (Wildman–Crippen MR) is 64.3 cm³/mol. The predicted octanol–water partition coefficient (Wildman–Crippen LogP) is 0.367. The number of rotatable bonds is 0. The second-order valence-corrected chi connectivity index (χ2v) is 2.97. The average Bonchev–Trinajstić information content (AvgIpc) is 1.99. The van der Waals surface area contributed by atoms with Gasteiger partial charge in [0.25, 0.3) is 17.9 Å². The molecule has 0 saturated heterocycles. The molecule has 0 aromatic rings. The summed E-state index contributed by atoms with van der Waals surface area (Å²) in [6, 6.07) is 0. The molecule has 0 atom stereocenters. The lowest BCUT2D eigenvalue weighted by Gasteiger charge is -2.02. The van der Waals surface area contributed by atoms with Crippen LogP contribution in [0.4, 0.5) is 0 Å². The fourth-order valence-electron chi connectivity index (χ4n) is 0. The van der Waals surface area contributed by atoms with Gasteiger partial charge in [-0.15, -0.1) is 0 Å². The van der Waals surface area contributed by atoms with Crippen LogP contribution in [0.1, 0.15) is 27.7 Å². The number of carboxylic acid groups (broad SMARTS) is 3. The number of hydrogen-bond acceptors (Lipinski definition) is 4. The number of aliphatic carboxylic acids is 3. The van der Waals surface area contributed by atoms with E-state index in [9.17, 15) is 4.79 Å². The Morgan fingerprint density at radius 3 is 0.722 bits per heavy atom. The summed E-state index contributed by atoms with van der Waals surface area (Å²) in [6.07, 6.45) is 0. The zero-order chi connectivity index (χ0) is 15.9. The van der Waals surface area contributed by atoms with E-state index < -0.39 is 17.9 Å². The summed E-state index contributed by atoms with van der Waals surface area (Å²) in [5.74, 6) is -2.41. The van der Waals surface area contributed by atoms with Gasteiger partial charge < -0.3 is 20.2 Å². The molecule has 8 heteroatoms. The van der Waals surface area contributed by atoms with Gasteiger partial charge in [0.15, 0.2) is 0 Å². The summed E-state index contributed by atoms with van der Waals surface area (Å²) in [7, 11) is 3.45. The Bertz CT molecular complexity index is 220. The molecule has 0 radical (unpaired) electrons. The minimum atomic E-state index is -0.833. The molecule has 0 fully saturated rings. The van der Waals surface area contributed by atoms with Crippen molar-refractivity contribution in [1.82, 2.24) is 4.90 Å². The molecule has 0 heterocycles. The molecule has 0 aromatic carbocycles. The number of carbonyl (C=O) groups excluding carboxylic acids is 1. The van der Waals surface area contributed by atoms with Crippen molar-refractivity contribution in [2.24, 2.45) is 0 Å². The summed E-state index contributed by atoms with van der Waals surface area (Å²) >= 11 is 0. The normalized spacial score (nSPS) is 6.78. The van der Waals surface area contributed by atoms with Crippen molar-refractivity contribution in [3.05, 3.63) is 0 Å². The molecule has 0 aliphatic heterocycles. The van der Waals surface area contributed by atoms with Gasteiger partial charge in [-0.05, 0) is 0 Å². The lowest BCUT2D eigenvalue weighted by Crippen LogP contribution is -2.17. The lowest BCUT2D eigenvalue weighted by atomic mass is 10.7. The van der Waals surface area contributed by atoms with Crippen molar-refractivity contribution in [3.8, 4) is 0 Å². The van der Waals surface area contributed by atoms with Gasteiger partial charge in [0.1, 0.15) is 0 Å². The molecule has 0 rings (SSSR count). The standard InChI is InChI=1S/C4H9NO.3C2H4O2/c1-4(6)5(2)3;3*1-2(3)4/h1-3H3;3*1H3,(H,3,4). The van der Waals surface area contributed by atoms with Gasteiger partial charge in [-0.2, -0.15) is 0 Å². The third kappa shape index (κ3) is 651. The van der Waals surface area contributed by atoms with Crippen LogP contribution in [0.5, 0.6) is 0 Å². The number of carboxylic acids is 3. The molecule has 0 spiro atoms. The maximum absolute atomic E-state index is 10.1. The number of carbonyl (C=O) groups is 4. The number of nitrogens with zero attached hydrogens (tertiary/aromatic N) is 1. The van der Waals surface area contributed by atoms with Crippen LogP contribution in [0, 0.1) is 0 Å². The highest BCUT2D eigenvalue weighted by atomic mass is 16.4. The maximum atomic E-state index is 10.1. The first-order chi connectivity index (χ1) is 7.84. The van der Waals surface area contributed by atoms with Crippen LogP contribution in [0.3, 0.4) is 0 Å². The van der Waals surface area contributed by atoms with Gasteiger partial charge in [0.05, 0.1) is 0 Å². The zero-order valence-electron chi connectivity index (χ0n) is 11.4. The highest BCUT2D eigenvalue weighted by Gasteiger charge is 1.87. The van der Waals surface area contributed by atoms with Gasteiger partial charge in [-0.1, -0.05) is 0 Å². The Labute approximate surface area is 106 Å². The van der Waals surface area contributed by atoms with Crippen molar-refractivity contribution in [2.45, 2.75) is 27.7 Å². The Hall–Kier alpha value is -2.12. The van der Waals surface area contributed by atoms with Crippen molar-refractivity contribution in [1.29, 1.82) is 0 Å². The Morgan fingerprint density at radius 2 is 0.722 bits per heavy atom. The second-order valence-electron chi connectivity index (χ2n) is 2.97. The Balaban J connectivity index is -0.0000000742. The first-order valence-electron chi connectivity index (χ1n) is 4.61. The van der Waals surface area contributed by atoms with Crippen LogP contribution < -0.4 is 0 Å². The van der Waals surface area contributed by atoms with E-state index in [2.05, 4.69) is 0 Å². The van der Waals surface area contributed by atoms with Gasteiger partial charge in [0, 0.05) is 41.8 Å². The topological polar surface area (TPSA) is 132 Å². The van der Waals surface area contributed by atoms with Crippen molar-refractivity contribution in [2.75, 3.05) is 14.1 Å². The van der Waals surface area contributed by atoms with Crippen molar-refractivity contribution >= 4 is 23.8 Å². The molecule has 0 saturated carbocycles. The first kappa shape index (κ1) is 24.9. The molecular weight excluding hydrogens is 246 g/mol. The molecule has 8 nitrogen and oxygen atoms in total. The van der Waals surface area contributed by atoms with E-state index in [1.807, 2.05) is 0 Å². The SMILES string of the molecule is CC(=O)N(C)C.CC(=O)O.CC(=O)O.CC(=O)O. The van der Waals surface area contributed by atoms with Crippen LogP contribution in [-0.4, -0.2) is 58.1 Å². The first-order valence-corrected chi connectivity index (χ1v) is 4.61. The Kier molecular flexibility index (Phi) is 23.9. The number of hydrogen-bond donors (Lipinski definition) is 3. The molecule has 18 heavy (non-hydrogen) atoms. The highest BCUT2D eigenvalue weighted by molar-refractivity contribution is 5.72. The Morgan fingerprint density at radius 1 is 0.667 bits per heavy atom. The maximum Gasteiger partial charge on any atom is 0.300 e. The molecule has 0 bridgehead atoms. The van der Waals surface area contributed by atoms with E-state index in [0.717, 1.165) is 20.8 Å². The van der Waals surface area contributed by atoms with E-state index in [0.29, 0.717) is 0 Å². The zero-order valence-corrected chi connectivity index (χ0v) is 11.4. The van der Waals surface area contributed by atoms with Gasteiger partial charge in [-0.25, -0.2) is 0 Å². The van der Waals surface area contributed by atoms with E-state index in [-0.39, 0.29) is 5.91 Å². The van der Waals surface area contributed by atoms with E-state index in [1.54, 1.807) is 14.1 Å². The average molecular weight is 267 g/mol. The summed E-state index contributed by atoms with van der Waals surface area (Å²) in [5, 5.41) is 22.2. The summed E-state index contributed by atoms with van der Waals surface area (Å²) < 4.78 is 0. The lowest BCUT2D eigenvalue weighted by molar-refractivity contribution is -0.135. The third-order valence-corrected chi connectivity index (χ3v) is 0.630. The summed E-state index contributed by atoms with van der Waals surface area (Å²) in [6.45, 7) is 4.78. The van der Waals surface area contributed by atoms with Crippen LogP contribution in [-0.2, 0) is 19.2 Å². The fraction of sp³-hybridized carbons (Fsp3) is 0.600. The largest absolute Gasteiger partial charge is 0.481 e. The minimum absolute atomic E-state index is 0.0926. The van der Waals surface area contributed by atoms with Gasteiger partial charge in [-0.3, -0.25) is 19.2 Å². The minimum Gasteiger partial charge on any atom is -0.481 e. The molecule has 0 aromatic heterocycles. The molecule has 1 amide bonds. The third-order valence-electron chi connectivity index (χ3n) is 0.630. The molecule has 0 aliphatic carbocycles. The van der Waals surface area contributed by atoms with Crippen molar-refractivity contribution < 1.29 is 34.5 Å². The quantitative estimate of drug-likeness (QED) is 0.577. The van der Waals surface area contributed by atoms with E-state index in [4.69, 9.17) is 29.7 Å². The van der Waals surface area contributed by atoms with Crippen LogP contribution in [0.25, 0.3) is 0 Å². The summed E-state index contributed by atoms with van der Waals surface area (Å²) in [4.78, 5) is 38.6. The smallest absolute Gasteiger partial charge is 0.300 e. The summed E-state index contributed by atoms with van der Waals surface area (Å²) in [5.41, 5.74) is 0. The van der Waals surface area contributed by atoms with Crippen LogP contribution >= 0.6 is 0 Å². The van der Waals surface area contributed by atoms with Gasteiger partial charge in [0.2, 0.25) is 5.91 Å². The molecule has 0 aliphatic rings. The second kappa shape index (κ2) is 17.3. The van der Waals surface area contributed by atoms with Gasteiger partial charge >= 0.3 is 0 Å². The highest BCUT2D eigenvalue weighted by Crippen LogP contribution is 1.69. The van der Waals surface area contributed by atoms with E-state index >= 15 is 0 Å². The monoisotopic (exact) mass is 267 g/mol. The van der Waals surface area contributed by atoms with Crippen molar-refractivity contribution in [3.63, 3.8) is 0 Å². The molecule has 0 unspecified atom stereocenters. The van der Waals surface area contributed by atoms with Crippen LogP contribution in [0.15, 0.2) is 0 Å². The van der Waals surface area contributed by atoms with Crippen LogP contribution in [0.2, 0.25) is 0 Å². The molecular formula is C10H21NO7. The molecule has 3 N–H and O–H groups in total. The fourth-order valence-corrected chi connectivity index (χ4v) is 0. The van der Waals surface area contributed by atoms with E-state index in [1.165, 1.54) is 11.8 Å². The molecule has 108 valence electrons. The number of amides is 1.